The number of aromatic nitrogens is 1. The van der Waals surface area contributed by atoms with Crippen molar-refractivity contribution in [2.45, 2.75) is 6.04 Å². The van der Waals surface area contributed by atoms with Crippen LogP contribution >= 0.6 is 0 Å². The van der Waals surface area contributed by atoms with E-state index in [2.05, 4.69) is 4.98 Å². The average Bonchev–Trinajstić information content (AvgIpc) is 2.10. The number of hydrogen-bond donors (Lipinski definition) is 2. The molecule has 0 bridgehead atoms. The van der Waals surface area contributed by atoms with E-state index in [9.17, 15) is 13.2 Å². The van der Waals surface area contributed by atoms with E-state index in [0.717, 1.165) is 0 Å². The second-order valence-electron chi connectivity index (χ2n) is 2.43. The fourth-order valence-electron chi connectivity index (χ4n) is 0.854. The molecule has 0 aliphatic carbocycles. The van der Waals surface area contributed by atoms with Gasteiger partial charge in [0.05, 0.1) is 12.6 Å². The smallest absolute Gasteiger partial charge is 0.251 e. The van der Waals surface area contributed by atoms with Crippen molar-refractivity contribution in [3.63, 3.8) is 0 Å². The molecular weight excluding hydrogens is 185 g/mol. The zero-order valence-electron chi connectivity index (χ0n) is 6.47. The van der Waals surface area contributed by atoms with Gasteiger partial charge >= 0.3 is 0 Å². The molecule has 1 aromatic heterocycles. The van der Waals surface area contributed by atoms with Gasteiger partial charge in [0.1, 0.15) is 0 Å². The summed E-state index contributed by atoms with van der Waals surface area (Å²) in [6, 6.07) is -0.494. The van der Waals surface area contributed by atoms with Crippen LogP contribution in [0.25, 0.3) is 0 Å². The monoisotopic (exact) mass is 192 g/mol. The molecule has 1 atom stereocenters. The molecule has 0 fully saturated rings. The van der Waals surface area contributed by atoms with E-state index in [1.807, 2.05) is 0 Å². The standard InChI is InChI=1S/C7H7F3N2O/c8-5-1-3(4(11)2-13)6(9)7(10)12-5/h1,4,13H,2,11H2/t4-/m0/s1. The summed E-state index contributed by atoms with van der Waals surface area (Å²) in [6.07, 6.45) is 0. The van der Waals surface area contributed by atoms with Crippen molar-refractivity contribution in [1.82, 2.24) is 4.98 Å². The molecule has 3 N–H and O–H groups in total. The molecule has 6 heteroatoms. The number of aliphatic hydroxyl groups excluding tert-OH is 1. The number of hydrogen-bond acceptors (Lipinski definition) is 3. The Hall–Kier alpha value is -1.14. The Balaban J connectivity index is 3.20. The summed E-state index contributed by atoms with van der Waals surface area (Å²) in [5, 5.41) is 8.54. The van der Waals surface area contributed by atoms with Crippen LogP contribution in [0, 0.1) is 17.7 Å². The summed E-state index contributed by atoms with van der Waals surface area (Å²) >= 11 is 0. The third-order valence-electron chi connectivity index (χ3n) is 1.51. The normalized spacial score (nSPS) is 13.0. The lowest BCUT2D eigenvalue weighted by atomic mass is 10.1. The van der Waals surface area contributed by atoms with Gasteiger partial charge in [0, 0.05) is 11.6 Å². The number of nitrogens with zero attached hydrogens (tertiary/aromatic N) is 1. The first kappa shape index (κ1) is 9.94. The highest BCUT2D eigenvalue weighted by Crippen LogP contribution is 2.16. The lowest BCUT2D eigenvalue weighted by molar-refractivity contribution is 0.263. The lowest BCUT2D eigenvalue weighted by Gasteiger charge is -2.09. The highest BCUT2D eigenvalue weighted by Gasteiger charge is 2.17. The van der Waals surface area contributed by atoms with Gasteiger partial charge in [-0.2, -0.15) is 13.8 Å². The first-order valence-electron chi connectivity index (χ1n) is 3.44. The Labute approximate surface area is 72.0 Å². The topological polar surface area (TPSA) is 59.1 Å². The minimum absolute atomic E-state index is 0.424. The minimum atomic E-state index is -1.56. The minimum Gasteiger partial charge on any atom is -0.394 e. The van der Waals surface area contributed by atoms with E-state index in [1.54, 1.807) is 0 Å². The van der Waals surface area contributed by atoms with Gasteiger partial charge in [0.15, 0.2) is 5.82 Å². The molecule has 0 spiro atoms. The van der Waals surface area contributed by atoms with Crippen LogP contribution in [0.4, 0.5) is 13.2 Å². The molecule has 0 aliphatic heterocycles. The Morgan fingerprint density at radius 1 is 1.46 bits per heavy atom. The SMILES string of the molecule is N[C@@H](CO)c1cc(F)nc(F)c1F. The number of rotatable bonds is 2. The van der Waals surface area contributed by atoms with Crippen molar-refractivity contribution in [2.75, 3.05) is 6.61 Å². The van der Waals surface area contributed by atoms with Crippen LogP contribution < -0.4 is 5.73 Å². The lowest BCUT2D eigenvalue weighted by Crippen LogP contribution is -2.17. The zero-order chi connectivity index (χ0) is 10.0. The van der Waals surface area contributed by atoms with E-state index >= 15 is 0 Å². The molecule has 0 amide bonds. The maximum atomic E-state index is 12.8. The maximum Gasteiger partial charge on any atom is 0.251 e. The molecule has 0 aliphatic rings. The molecule has 1 aromatic rings. The number of aliphatic hydroxyl groups is 1. The van der Waals surface area contributed by atoms with Crippen LogP contribution in [-0.4, -0.2) is 16.7 Å². The molecule has 0 aromatic carbocycles. The van der Waals surface area contributed by atoms with Crippen LogP contribution in [0.3, 0.4) is 0 Å². The summed E-state index contributed by atoms with van der Waals surface area (Å²) in [5.74, 6) is -4.06. The molecule has 72 valence electrons. The summed E-state index contributed by atoms with van der Waals surface area (Å²) in [5.41, 5.74) is 4.76. The number of nitrogens with two attached hydrogens (primary N) is 1. The van der Waals surface area contributed by atoms with Gasteiger partial charge in [-0.05, 0) is 0 Å². The zero-order valence-corrected chi connectivity index (χ0v) is 6.47. The molecule has 0 radical (unpaired) electrons. The third-order valence-corrected chi connectivity index (χ3v) is 1.51. The van der Waals surface area contributed by atoms with Crippen molar-refractivity contribution in [2.24, 2.45) is 5.73 Å². The Morgan fingerprint density at radius 2 is 2.08 bits per heavy atom. The van der Waals surface area contributed by atoms with Gasteiger partial charge in [0.25, 0.3) is 5.95 Å². The van der Waals surface area contributed by atoms with Gasteiger partial charge in [0.2, 0.25) is 5.95 Å². The predicted molar refractivity (Wildman–Crippen MR) is 38.1 cm³/mol. The molecule has 0 saturated heterocycles. The Kier molecular flexibility index (Phi) is 2.84. The van der Waals surface area contributed by atoms with E-state index in [-0.39, 0.29) is 0 Å². The van der Waals surface area contributed by atoms with Crippen LogP contribution in [-0.2, 0) is 0 Å². The molecule has 0 unspecified atom stereocenters. The molecule has 1 rings (SSSR count). The summed E-state index contributed by atoms with van der Waals surface area (Å²) in [7, 11) is 0. The molecule has 1 heterocycles. The maximum absolute atomic E-state index is 12.8. The van der Waals surface area contributed by atoms with Crippen molar-refractivity contribution in [3.8, 4) is 0 Å². The first-order valence-corrected chi connectivity index (χ1v) is 3.44. The van der Waals surface area contributed by atoms with Gasteiger partial charge in [-0.15, -0.1) is 0 Å². The fourth-order valence-corrected chi connectivity index (χ4v) is 0.854. The van der Waals surface area contributed by atoms with Gasteiger partial charge in [-0.25, -0.2) is 4.39 Å². The average molecular weight is 192 g/mol. The first-order chi connectivity index (χ1) is 6.06. The van der Waals surface area contributed by atoms with E-state index < -0.39 is 35.9 Å². The number of halogens is 3. The van der Waals surface area contributed by atoms with Gasteiger partial charge < -0.3 is 10.8 Å². The van der Waals surface area contributed by atoms with Crippen molar-refractivity contribution < 1.29 is 18.3 Å². The van der Waals surface area contributed by atoms with Gasteiger partial charge in [-0.1, -0.05) is 0 Å². The van der Waals surface area contributed by atoms with Crippen molar-refractivity contribution in [1.29, 1.82) is 0 Å². The summed E-state index contributed by atoms with van der Waals surface area (Å²) in [6.45, 7) is -0.597. The highest BCUT2D eigenvalue weighted by atomic mass is 19.2. The summed E-state index contributed by atoms with van der Waals surface area (Å²) < 4.78 is 37.7. The summed E-state index contributed by atoms with van der Waals surface area (Å²) in [4.78, 5) is 2.60. The molecular formula is C7H7F3N2O. The van der Waals surface area contributed by atoms with E-state index in [4.69, 9.17) is 10.8 Å². The Bertz CT molecular complexity index is 319. The van der Waals surface area contributed by atoms with E-state index in [0.29, 0.717) is 6.07 Å². The van der Waals surface area contributed by atoms with Crippen LogP contribution in [0.15, 0.2) is 6.07 Å². The largest absolute Gasteiger partial charge is 0.394 e. The fraction of sp³-hybridized carbons (Fsp3) is 0.286. The van der Waals surface area contributed by atoms with Crippen LogP contribution in [0.1, 0.15) is 11.6 Å². The van der Waals surface area contributed by atoms with Crippen molar-refractivity contribution in [3.05, 3.63) is 29.3 Å². The molecule has 3 nitrogen and oxygen atoms in total. The second-order valence-corrected chi connectivity index (χ2v) is 2.43. The van der Waals surface area contributed by atoms with Crippen LogP contribution in [0.5, 0.6) is 0 Å². The van der Waals surface area contributed by atoms with Crippen molar-refractivity contribution >= 4 is 0 Å². The van der Waals surface area contributed by atoms with E-state index in [1.165, 1.54) is 0 Å². The quantitative estimate of drug-likeness (QED) is 0.670. The van der Waals surface area contributed by atoms with Crippen LogP contribution in [0.2, 0.25) is 0 Å². The highest BCUT2D eigenvalue weighted by molar-refractivity contribution is 5.18. The second kappa shape index (κ2) is 3.71. The van der Waals surface area contributed by atoms with Gasteiger partial charge in [-0.3, -0.25) is 0 Å². The molecule has 13 heavy (non-hydrogen) atoms. The third kappa shape index (κ3) is 1.96. The predicted octanol–water partition coefficient (Wildman–Crippen LogP) is 0.491. The Morgan fingerprint density at radius 3 is 2.62 bits per heavy atom. The molecule has 0 saturated carbocycles. The number of pyridine rings is 1.